The Labute approximate surface area is 190 Å². The molecule has 9 nitrogen and oxygen atoms in total. The van der Waals surface area contributed by atoms with E-state index in [9.17, 15) is 9.90 Å². The minimum Gasteiger partial charge on any atom is -0.388 e. The van der Waals surface area contributed by atoms with Crippen molar-refractivity contribution in [2.45, 2.75) is 38.8 Å². The number of aromatic nitrogens is 6. The lowest BCUT2D eigenvalue weighted by molar-refractivity contribution is -0.0434. The Balaban J connectivity index is 1.51. The fourth-order valence-corrected chi connectivity index (χ4v) is 4.39. The fraction of sp³-hybridized carbons (Fsp3) is 0.375. The first kappa shape index (κ1) is 21.4. The predicted octanol–water partition coefficient (Wildman–Crippen LogP) is 2.12. The molecule has 4 aromatic rings. The summed E-state index contributed by atoms with van der Waals surface area (Å²) in [5, 5.41) is 23.5. The van der Waals surface area contributed by atoms with Gasteiger partial charge >= 0.3 is 0 Å². The van der Waals surface area contributed by atoms with Crippen molar-refractivity contribution in [1.29, 1.82) is 0 Å². The number of ether oxygens (including phenoxy) is 1. The molecule has 0 aliphatic carbocycles. The molecule has 1 saturated heterocycles. The average molecular weight is 447 g/mol. The zero-order chi connectivity index (χ0) is 23.1. The Bertz CT molecular complexity index is 1380. The zero-order valence-corrected chi connectivity index (χ0v) is 18.9. The maximum atomic E-state index is 13.3. The number of benzene rings is 1. The number of aliphatic hydroxyl groups excluding tert-OH is 1. The van der Waals surface area contributed by atoms with Gasteiger partial charge in [0.1, 0.15) is 5.52 Å². The molecule has 3 aromatic heterocycles. The van der Waals surface area contributed by atoms with Crippen LogP contribution in [0, 0.1) is 13.8 Å². The highest BCUT2D eigenvalue weighted by atomic mass is 16.5. The lowest BCUT2D eigenvalue weighted by Gasteiger charge is -2.28. The summed E-state index contributed by atoms with van der Waals surface area (Å²) in [6.45, 7) is 4.68. The van der Waals surface area contributed by atoms with E-state index in [0.717, 1.165) is 33.5 Å². The number of hydrogen-bond donors (Lipinski definition) is 1. The molecule has 5 rings (SSSR count). The maximum absolute atomic E-state index is 13.3. The quantitative estimate of drug-likeness (QED) is 0.512. The summed E-state index contributed by atoms with van der Waals surface area (Å²) in [6.07, 6.45) is 5.97. The molecule has 1 aliphatic heterocycles. The van der Waals surface area contributed by atoms with Crippen LogP contribution in [-0.4, -0.2) is 54.2 Å². The Hall–Kier alpha value is -3.43. The van der Waals surface area contributed by atoms with E-state index in [-0.39, 0.29) is 12.2 Å². The normalized spacial score (nSPS) is 18.7. The highest BCUT2D eigenvalue weighted by Gasteiger charge is 2.28. The van der Waals surface area contributed by atoms with Crippen molar-refractivity contribution in [1.82, 2.24) is 29.8 Å². The number of hydrogen-bond acceptors (Lipinski definition) is 7. The third-order valence-electron chi connectivity index (χ3n) is 6.48. The SMILES string of the molecule is Cc1c(Cc2ccc(-c3cnn(C)c3)nc2)cc2c(=O)n([C@H]3CCOC[C@@H]3O)nnc2c1C. The summed E-state index contributed by atoms with van der Waals surface area (Å²) >= 11 is 0. The zero-order valence-electron chi connectivity index (χ0n) is 18.9. The van der Waals surface area contributed by atoms with Crippen molar-refractivity contribution in [3.8, 4) is 11.3 Å². The van der Waals surface area contributed by atoms with Gasteiger partial charge < -0.3 is 9.84 Å². The van der Waals surface area contributed by atoms with Gasteiger partial charge in [-0.1, -0.05) is 11.3 Å². The first-order valence-corrected chi connectivity index (χ1v) is 11.0. The van der Waals surface area contributed by atoms with Crippen LogP contribution in [-0.2, 0) is 18.2 Å². The van der Waals surface area contributed by atoms with E-state index in [1.165, 1.54) is 4.68 Å². The van der Waals surface area contributed by atoms with Gasteiger partial charge in [-0.2, -0.15) is 5.10 Å². The van der Waals surface area contributed by atoms with Gasteiger partial charge in [0.25, 0.3) is 5.56 Å². The van der Waals surface area contributed by atoms with Gasteiger partial charge in [0.15, 0.2) is 0 Å². The van der Waals surface area contributed by atoms with Crippen LogP contribution in [0.25, 0.3) is 22.2 Å². The van der Waals surface area contributed by atoms with Crippen LogP contribution in [0.5, 0.6) is 0 Å². The molecule has 1 aromatic carbocycles. The number of fused-ring (bicyclic) bond motifs is 1. The molecule has 170 valence electrons. The highest BCUT2D eigenvalue weighted by Crippen LogP contribution is 2.25. The Morgan fingerprint density at radius 3 is 2.76 bits per heavy atom. The summed E-state index contributed by atoms with van der Waals surface area (Å²) in [6, 6.07) is 5.51. The minimum absolute atomic E-state index is 0.192. The van der Waals surface area contributed by atoms with Crippen molar-refractivity contribution in [2.24, 2.45) is 7.05 Å². The molecule has 0 spiro atoms. The van der Waals surface area contributed by atoms with E-state index in [2.05, 4.69) is 26.5 Å². The molecule has 33 heavy (non-hydrogen) atoms. The molecular formula is C24H26N6O3. The molecule has 1 aliphatic rings. The predicted molar refractivity (Wildman–Crippen MR) is 123 cm³/mol. The third kappa shape index (κ3) is 3.94. The van der Waals surface area contributed by atoms with E-state index >= 15 is 0 Å². The van der Waals surface area contributed by atoms with Gasteiger partial charge in [-0.3, -0.25) is 14.5 Å². The Morgan fingerprint density at radius 1 is 1.21 bits per heavy atom. The van der Waals surface area contributed by atoms with Crippen LogP contribution < -0.4 is 5.56 Å². The van der Waals surface area contributed by atoms with E-state index < -0.39 is 12.1 Å². The first-order valence-electron chi connectivity index (χ1n) is 11.0. The molecule has 4 heterocycles. The van der Waals surface area contributed by atoms with Crippen LogP contribution in [0.2, 0.25) is 0 Å². The second-order valence-electron chi connectivity index (χ2n) is 8.65. The van der Waals surface area contributed by atoms with Gasteiger partial charge in [0.05, 0.1) is 36.0 Å². The van der Waals surface area contributed by atoms with Gasteiger partial charge in [-0.25, -0.2) is 4.68 Å². The minimum atomic E-state index is -0.779. The molecule has 1 fully saturated rings. The second-order valence-corrected chi connectivity index (χ2v) is 8.65. The number of aryl methyl sites for hydroxylation is 2. The monoisotopic (exact) mass is 446 g/mol. The highest BCUT2D eigenvalue weighted by molar-refractivity contribution is 5.82. The third-order valence-corrected chi connectivity index (χ3v) is 6.48. The van der Waals surface area contributed by atoms with Crippen molar-refractivity contribution < 1.29 is 9.84 Å². The van der Waals surface area contributed by atoms with Gasteiger partial charge in [-0.05, 0) is 61.1 Å². The van der Waals surface area contributed by atoms with Crippen LogP contribution in [0.3, 0.4) is 0 Å². The summed E-state index contributed by atoms with van der Waals surface area (Å²) in [5.41, 5.74) is 6.31. The number of pyridine rings is 1. The van der Waals surface area contributed by atoms with Gasteiger partial charge in [0, 0.05) is 31.6 Å². The summed E-state index contributed by atoms with van der Waals surface area (Å²) in [4.78, 5) is 17.9. The van der Waals surface area contributed by atoms with E-state index in [1.807, 2.05) is 45.4 Å². The summed E-state index contributed by atoms with van der Waals surface area (Å²) in [7, 11) is 1.88. The lowest BCUT2D eigenvalue weighted by atomic mass is 9.95. The van der Waals surface area contributed by atoms with E-state index in [1.54, 1.807) is 10.9 Å². The molecule has 0 unspecified atom stereocenters. The molecule has 0 radical (unpaired) electrons. The second kappa shape index (κ2) is 8.49. The van der Waals surface area contributed by atoms with Crippen molar-refractivity contribution >= 4 is 10.9 Å². The van der Waals surface area contributed by atoms with Crippen LogP contribution in [0.15, 0.2) is 41.6 Å². The number of rotatable bonds is 4. The van der Waals surface area contributed by atoms with Gasteiger partial charge in [-0.15, -0.1) is 5.10 Å². The molecule has 9 heteroatoms. The topological polar surface area (TPSA) is 108 Å². The summed E-state index contributed by atoms with van der Waals surface area (Å²) in [5.74, 6) is 0. The fourth-order valence-electron chi connectivity index (χ4n) is 4.39. The molecule has 0 amide bonds. The summed E-state index contributed by atoms with van der Waals surface area (Å²) < 4.78 is 8.36. The number of nitrogens with zero attached hydrogens (tertiary/aromatic N) is 6. The first-order chi connectivity index (χ1) is 15.9. The van der Waals surface area contributed by atoms with Crippen molar-refractivity contribution in [2.75, 3.05) is 13.2 Å². The average Bonchev–Trinajstić information content (AvgIpc) is 3.25. The lowest BCUT2D eigenvalue weighted by Crippen LogP contribution is -2.40. The Kier molecular flexibility index (Phi) is 5.51. The largest absolute Gasteiger partial charge is 0.388 e. The van der Waals surface area contributed by atoms with Crippen molar-refractivity contribution in [3.63, 3.8) is 0 Å². The molecule has 0 saturated carbocycles. The molecule has 0 bridgehead atoms. The van der Waals surface area contributed by atoms with E-state index in [0.29, 0.717) is 30.4 Å². The molecular weight excluding hydrogens is 420 g/mol. The van der Waals surface area contributed by atoms with Crippen molar-refractivity contribution in [3.05, 3.63) is 69.4 Å². The molecule has 1 N–H and O–H groups in total. The molecule has 2 atom stereocenters. The number of aliphatic hydroxyl groups is 1. The van der Waals surface area contributed by atoms with Crippen LogP contribution in [0.1, 0.15) is 34.7 Å². The van der Waals surface area contributed by atoms with E-state index in [4.69, 9.17) is 4.74 Å². The van der Waals surface area contributed by atoms with Crippen LogP contribution >= 0.6 is 0 Å². The van der Waals surface area contributed by atoms with Crippen LogP contribution in [0.4, 0.5) is 0 Å². The van der Waals surface area contributed by atoms with Gasteiger partial charge in [0.2, 0.25) is 0 Å². The standard InChI is InChI=1S/C24H26N6O3/c1-14-15(2)23-19(24(32)30(28-27-23)21-6-7-33-13-22(21)31)9-17(14)8-16-4-5-20(25-10-16)18-11-26-29(3)12-18/h4-5,9-12,21-22,31H,6-8,13H2,1-3H3/t21-,22-/m0/s1. The smallest absolute Gasteiger partial charge is 0.277 e. The maximum Gasteiger partial charge on any atom is 0.277 e. The Morgan fingerprint density at radius 2 is 2.06 bits per heavy atom.